The van der Waals surface area contributed by atoms with E-state index in [0.29, 0.717) is 6.61 Å². The number of rotatable bonds is 17. The molecule has 0 radical (unpaired) electrons. The van der Waals surface area contributed by atoms with E-state index in [1.807, 2.05) is 11.8 Å². The number of hydrogen-bond acceptors (Lipinski definition) is 2. The molecule has 0 spiro atoms. The van der Waals surface area contributed by atoms with E-state index >= 15 is 0 Å². The molecule has 20 heavy (non-hydrogen) atoms. The predicted molar refractivity (Wildman–Crippen MR) is 94.7 cm³/mol. The monoisotopic (exact) mass is 302 g/mol. The van der Waals surface area contributed by atoms with Gasteiger partial charge in [-0.15, -0.1) is 0 Å². The van der Waals surface area contributed by atoms with Crippen LogP contribution in [0.25, 0.3) is 0 Å². The van der Waals surface area contributed by atoms with Gasteiger partial charge in [0.15, 0.2) is 0 Å². The second kappa shape index (κ2) is 19.3. The summed E-state index contributed by atoms with van der Waals surface area (Å²) in [5.74, 6) is 2.15. The summed E-state index contributed by atoms with van der Waals surface area (Å²) in [6.07, 6.45) is 20.0. The number of thioether (sulfide) groups is 1. The first-order chi connectivity index (χ1) is 9.91. The predicted octanol–water partition coefficient (Wildman–Crippen LogP) is 6.19. The molecular formula is C18H38OS. The highest BCUT2D eigenvalue weighted by atomic mass is 32.2. The first kappa shape index (κ1) is 20.3. The van der Waals surface area contributed by atoms with Crippen molar-refractivity contribution < 1.29 is 5.11 Å². The summed E-state index contributed by atoms with van der Waals surface area (Å²) in [6, 6.07) is 0. The minimum Gasteiger partial charge on any atom is -0.396 e. The minimum absolute atomic E-state index is 0.337. The number of hydrogen-bond donors (Lipinski definition) is 1. The Balaban J connectivity index is 2.89. The van der Waals surface area contributed by atoms with E-state index in [-0.39, 0.29) is 0 Å². The molecule has 0 saturated heterocycles. The fourth-order valence-corrected chi connectivity index (χ4v) is 3.31. The largest absolute Gasteiger partial charge is 0.396 e. The first-order valence-electron chi connectivity index (χ1n) is 9.10. The standard InChI is InChI=1S/C18H38OS/c1-2-3-4-5-6-7-8-9-10-11-12-13-14-15-17-20-18-16-19/h19H,2-18H2,1H3. The van der Waals surface area contributed by atoms with Gasteiger partial charge in [0.25, 0.3) is 0 Å². The van der Waals surface area contributed by atoms with Gasteiger partial charge in [0, 0.05) is 5.75 Å². The lowest BCUT2D eigenvalue weighted by Gasteiger charge is -2.03. The van der Waals surface area contributed by atoms with E-state index in [9.17, 15) is 0 Å². The first-order valence-corrected chi connectivity index (χ1v) is 10.3. The van der Waals surface area contributed by atoms with Crippen molar-refractivity contribution in [1.29, 1.82) is 0 Å². The van der Waals surface area contributed by atoms with Crippen LogP contribution in [-0.4, -0.2) is 23.2 Å². The molecule has 0 unspecified atom stereocenters. The van der Waals surface area contributed by atoms with Crippen LogP contribution in [0.2, 0.25) is 0 Å². The third-order valence-corrected chi connectivity index (χ3v) is 4.93. The lowest BCUT2D eigenvalue weighted by Crippen LogP contribution is -1.89. The van der Waals surface area contributed by atoms with Gasteiger partial charge in [-0.1, -0.05) is 90.4 Å². The average molecular weight is 303 g/mol. The molecule has 1 N–H and O–H groups in total. The van der Waals surface area contributed by atoms with Crippen LogP contribution in [0, 0.1) is 0 Å². The van der Waals surface area contributed by atoms with Crippen LogP contribution in [-0.2, 0) is 0 Å². The molecule has 0 aromatic rings. The fraction of sp³-hybridized carbons (Fsp3) is 1.00. The van der Waals surface area contributed by atoms with E-state index in [4.69, 9.17) is 5.11 Å². The molecule has 0 rings (SSSR count). The number of aliphatic hydroxyl groups excluding tert-OH is 1. The maximum absolute atomic E-state index is 8.66. The molecule has 0 bridgehead atoms. The molecule has 0 fully saturated rings. The maximum Gasteiger partial charge on any atom is 0.0521 e. The van der Waals surface area contributed by atoms with Gasteiger partial charge >= 0.3 is 0 Å². The lowest BCUT2D eigenvalue weighted by atomic mass is 10.0. The van der Waals surface area contributed by atoms with E-state index in [2.05, 4.69) is 6.92 Å². The Kier molecular flexibility index (Phi) is 19.6. The minimum atomic E-state index is 0.337. The zero-order valence-corrected chi connectivity index (χ0v) is 14.7. The molecule has 2 heteroatoms. The van der Waals surface area contributed by atoms with Crippen LogP contribution >= 0.6 is 11.8 Å². The molecule has 0 aliphatic carbocycles. The average Bonchev–Trinajstić information content (AvgIpc) is 2.47. The van der Waals surface area contributed by atoms with E-state index < -0.39 is 0 Å². The van der Waals surface area contributed by atoms with Crippen molar-refractivity contribution in [2.75, 3.05) is 18.1 Å². The summed E-state index contributed by atoms with van der Waals surface area (Å²) < 4.78 is 0. The fourth-order valence-electron chi connectivity index (χ4n) is 2.57. The van der Waals surface area contributed by atoms with Gasteiger partial charge in [-0.05, 0) is 12.2 Å². The number of aliphatic hydroxyl groups is 1. The second-order valence-corrected chi connectivity index (χ2v) is 7.16. The maximum atomic E-state index is 8.66. The Morgan fingerprint density at radius 1 is 0.550 bits per heavy atom. The van der Waals surface area contributed by atoms with Crippen molar-refractivity contribution >= 4 is 11.8 Å². The molecule has 0 aromatic heterocycles. The molecule has 0 saturated carbocycles. The van der Waals surface area contributed by atoms with Gasteiger partial charge in [-0.2, -0.15) is 11.8 Å². The Bertz CT molecular complexity index is 143. The van der Waals surface area contributed by atoms with Gasteiger partial charge in [0.2, 0.25) is 0 Å². The summed E-state index contributed by atoms with van der Waals surface area (Å²) in [5.41, 5.74) is 0. The number of unbranched alkanes of at least 4 members (excludes halogenated alkanes) is 13. The molecular weight excluding hydrogens is 264 g/mol. The summed E-state index contributed by atoms with van der Waals surface area (Å²) in [7, 11) is 0. The van der Waals surface area contributed by atoms with Gasteiger partial charge in [-0.3, -0.25) is 0 Å². The van der Waals surface area contributed by atoms with Gasteiger partial charge in [0.05, 0.1) is 6.61 Å². The van der Waals surface area contributed by atoms with Crippen molar-refractivity contribution in [2.24, 2.45) is 0 Å². The van der Waals surface area contributed by atoms with E-state index in [1.54, 1.807) is 0 Å². The van der Waals surface area contributed by atoms with Crippen LogP contribution < -0.4 is 0 Å². The SMILES string of the molecule is CCCCCCCCCCCCCCCCSCCO. The highest BCUT2D eigenvalue weighted by molar-refractivity contribution is 7.99. The van der Waals surface area contributed by atoms with E-state index in [0.717, 1.165) is 5.75 Å². The Morgan fingerprint density at radius 2 is 0.950 bits per heavy atom. The third-order valence-electron chi connectivity index (χ3n) is 3.88. The molecule has 122 valence electrons. The van der Waals surface area contributed by atoms with Crippen molar-refractivity contribution in [3.8, 4) is 0 Å². The molecule has 1 nitrogen and oxygen atoms in total. The topological polar surface area (TPSA) is 20.2 Å². The Hall–Kier alpha value is 0.310. The molecule has 0 aliphatic rings. The smallest absolute Gasteiger partial charge is 0.0521 e. The quantitative estimate of drug-likeness (QED) is 0.323. The van der Waals surface area contributed by atoms with E-state index in [1.165, 1.54) is 95.6 Å². The molecule has 0 heterocycles. The molecule has 0 amide bonds. The van der Waals surface area contributed by atoms with Crippen LogP contribution in [0.4, 0.5) is 0 Å². The normalized spacial score (nSPS) is 11.1. The molecule has 0 aliphatic heterocycles. The summed E-state index contributed by atoms with van der Waals surface area (Å²) in [5, 5.41) is 8.66. The second-order valence-electron chi connectivity index (χ2n) is 5.93. The van der Waals surface area contributed by atoms with Crippen molar-refractivity contribution in [3.63, 3.8) is 0 Å². The summed E-state index contributed by atoms with van der Waals surface area (Å²) >= 11 is 1.89. The van der Waals surface area contributed by atoms with Crippen LogP contribution in [0.5, 0.6) is 0 Å². The summed E-state index contributed by atoms with van der Waals surface area (Å²) in [6.45, 7) is 2.62. The molecule has 0 atom stereocenters. The van der Waals surface area contributed by atoms with Crippen molar-refractivity contribution in [3.05, 3.63) is 0 Å². The van der Waals surface area contributed by atoms with Crippen LogP contribution in [0.1, 0.15) is 96.8 Å². The zero-order chi connectivity index (χ0) is 14.7. The molecule has 0 aromatic carbocycles. The van der Waals surface area contributed by atoms with Crippen molar-refractivity contribution in [1.82, 2.24) is 0 Å². The third kappa shape index (κ3) is 18.3. The van der Waals surface area contributed by atoms with Gasteiger partial charge in [0.1, 0.15) is 0 Å². The highest BCUT2D eigenvalue weighted by Crippen LogP contribution is 2.13. The van der Waals surface area contributed by atoms with Crippen molar-refractivity contribution in [2.45, 2.75) is 96.8 Å². The van der Waals surface area contributed by atoms with Crippen LogP contribution in [0.15, 0.2) is 0 Å². The van der Waals surface area contributed by atoms with Gasteiger partial charge < -0.3 is 5.11 Å². The zero-order valence-electron chi connectivity index (χ0n) is 13.9. The van der Waals surface area contributed by atoms with Gasteiger partial charge in [-0.25, -0.2) is 0 Å². The highest BCUT2D eigenvalue weighted by Gasteiger charge is 1.94. The summed E-state index contributed by atoms with van der Waals surface area (Å²) in [4.78, 5) is 0. The Labute approximate surface area is 132 Å². The van der Waals surface area contributed by atoms with Crippen LogP contribution in [0.3, 0.4) is 0 Å². The Morgan fingerprint density at radius 3 is 1.35 bits per heavy atom. The lowest BCUT2D eigenvalue weighted by molar-refractivity contribution is 0.322.